The van der Waals surface area contributed by atoms with Crippen molar-refractivity contribution in [3.63, 3.8) is 0 Å². The molecule has 1 rings (SSSR count). The van der Waals surface area contributed by atoms with E-state index in [-0.39, 0.29) is 6.23 Å². The molecule has 1 amide bonds. The molecule has 0 saturated carbocycles. The van der Waals surface area contributed by atoms with Crippen molar-refractivity contribution in [3.8, 4) is 0 Å². The molecule has 0 aliphatic carbocycles. The molecular formula is C7H14N2O2. The highest BCUT2D eigenvalue weighted by Crippen LogP contribution is 2.11. The van der Waals surface area contributed by atoms with Crippen molar-refractivity contribution in [2.45, 2.75) is 26.0 Å². The maximum atomic E-state index is 10.3. The fourth-order valence-corrected chi connectivity index (χ4v) is 1.35. The van der Waals surface area contributed by atoms with Crippen molar-refractivity contribution in [2.75, 3.05) is 13.1 Å². The molecule has 0 radical (unpaired) electrons. The fourth-order valence-electron chi connectivity index (χ4n) is 1.35. The molecule has 0 bridgehead atoms. The summed E-state index contributed by atoms with van der Waals surface area (Å²) in [6.45, 7) is 3.86. The Morgan fingerprint density at radius 1 is 1.55 bits per heavy atom. The Kier molecular flexibility index (Phi) is 2.70. The maximum absolute atomic E-state index is 10.3. The third-order valence-electron chi connectivity index (χ3n) is 1.94. The van der Waals surface area contributed by atoms with Crippen LogP contribution in [0.15, 0.2) is 0 Å². The number of primary amides is 1. The van der Waals surface area contributed by atoms with Crippen molar-refractivity contribution < 1.29 is 9.53 Å². The van der Waals surface area contributed by atoms with Crippen molar-refractivity contribution in [1.82, 2.24) is 4.90 Å². The third kappa shape index (κ3) is 2.38. The lowest BCUT2D eigenvalue weighted by atomic mass is 10.4. The molecular weight excluding hydrogens is 144 g/mol. The van der Waals surface area contributed by atoms with E-state index in [2.05, 4.69) is 4.90 Å². The normalized spacial score (nSPS) is 21.5. The van der Waals surface area contributed by atoms with Crippen LogP contribution in [0, 0.1) is 0 Å². The summed E-state index contributed by atoms with van der Waals surface area (Å²) >= 11 is 0. The molecule has 64 valence electrons. The molecule has 1 unspecified atom stereocenters. The Hall–Kier alpha value is -0.770. The summed E-state index contributed by atoms with van der Waals surface area (Å²) in [6.07, 6.45) is 1.53. The zero-order chi connectivity index (χ0) is 8.27. The van der Waals surface area contributed by atoms with Crippen LogP contribution in [0.25, 0.3) is 0 Å². The number of hydrogen-bond acceptors (Lipinski definition) is 3. The second kappa shape index (κ2) is 3.57. The number of carbonyl (C=O) groups excluding carboxylic acids is 1. The van der Waals surface area contributed by atoms with Gasteiger partial charge in [-0.2, -0.15) is 0 Å². The Balaban J connectivity index is 2.28. The number of amides is 1. The van der Waals surface area contributed by atoms with Gasteiger partial charge in [0.2, 0.25) is 0 Å². The number of ether oxygens (including phenoxy) is 1. The van der Waals surface area contributed by atoms with Gasteiger partial charge in [0.15, 0.2) is 6.23 Å². The van der Waals surface area contributed by atoms with E-state index in [4.69, 9.17) is 10.5 Å². The van der Waals surface area contributed by atoms with E-state index in [1.54, 1.807) is 0 Å². The van der Waals surface area contributed by atoms with Gasteiger partial charge >= 0.3 is 6.09 Å². The van der Waals surface area contributed by atoms with Gasteiger partial charge in [-0.05, 0) is 19.8 Å². The van der Waals surface area contributed by atoms with Crippen LogP contribution in [0.5, 0.6) is 0 Å². The van der Waals surface area contributed by atoms with Crippen molar-refractivity contribution in [2.24, 2.45) is 5.73 Å². The molecule has 1 saturated heterocycles. The smallest absolute Gasteiger partial charge is 0.406 e. The number of nitrogens with two attached hydrogens (primary N) is 1. The van der Waals surface area contributed by atoms with Crippen LogP contribution < -0.4 is 5.73 Å². The molecule has 0 aromatic rings. The second-order valence-corrected chi connectivity index (χ2v) is 2.78. The molecule has 2 N–H and O–H groups in total. The maximum Gasteiger partial charge on any atom is 0.406 e. The van der Waals surface area contributed by atoms with Gasteiger partial charge in [0.1, 0.15) is 0 Å². The van der Waals surface area contributed by atoms with Gasteiger partial charge in [-0.1, -0.05) is 0 Å². The molecule has 1 atom stereocenters. The fraction of sp³-hybridized carbons (Fsp3) is 0.857. The highest BCUT2D eigenvalue weighted by atomic mass is 16.6. The quantitative estimate of drug-likeness (QED) is 0.637. The van der Waals surface area contributed by atoms with Crippen LogP contribution in [0.3, 0.4) is 0 Å². The van der Waals surface area contributed by atoms with Gasteiger partial charge in [0.25, 0.3) is 0 Å². The molecule has 1 aliphatic heterocycles. The zero-order valence-corrected chi connectivity index (χ0v) is 6.75. The Bertz CT molecular complexity index is 143. The van der Waals surface area contributed by atoms with E-state index < -0.39 is 6.09 Å². The topological polar surface area (TPSA) is 55.6 Å². The van der Waals surface area contributed by atoms with Crippen LogP contribution >= 0.6 is 0 Å². The van der Waals surface area contributed by atoms with E-state index in [0.717, 1.165) is 13.1 Å². The highest BCUT2D eigenvalue weighted by molar-refractivity contribution is 5.64. The molecule has 1 aliphatic rings. The third-order valence-corrected chi connectivity index (χ3v) is 1.94. The molecule has 4 heteroatoms. The minimum Gasteiger partial charge on any atom is -0.431 e. The first-order chi connectivity index (χ1) is 5.20. The molecule has 0 spiro atoms. The van der Waals surface area contributed by atoms with Crippen molar-refractivity contribution in [1.29, 1.82) is 0 Å². The van der Waals surface area contributed by atoms with Crippen LogP contribution in [0.2, 0.25) is 0 Å². The zero-order valence-electron chi connectivity index (χ0n) is 6.75. The van der Waals surface area contributed by atoms with E-state index in [1.807, 2.05) is 6.92 Å². The molecule has 1 heterocycles. The highest BCUT2D eigenvalue weighted by Gasteiger charge is 2.19. The molecule has 0 aromatic heterocycles. The van der Waals surface area contributed by atoms with E-state index in [9.17, 15) is 4.79 Å². The van der Waals surface area contributed by atoms with E-state index >= 15 is 0 Å². The molecule has 11 heavy (non-hydrogen) atoms. The van der Waals surface area contributed by atoms with Gasteiger partial charge in [-0.3, -0.25) is 4.90 Å². The largest absolute Gasteiger partial charge is 0.431 e. The van der Waals surface area contributed by atoms with Gasteiger partial charge in [-0.25, -0.2) is 4.79 Å². The van der Waals surface area contributed by atoms with Crippen LogP contribution in [0.1, 0.15) is 19.8 Å². The summed E-state index contributed by atoms with van der Waals surface area (Å²) in [7, 11) is 0. The van der Waals surface area contributed by atoms with Crippen LogP contribution in [-0.4, -0.2) is 30.3 Å². The molecule has 1 fully saturated rings. The number of likely N-dealkylation sites (tertiary alicyclic amines) is 1. The first-order valence-corrected chi connectivity index (χ1v) is 3.90. The summed E-state index contributed by atoms with van der Waals surface area (Å²) < 4.78 is 4.80. The SMILES string of the molecule is CC(OC(N)=O)N1CCCC1. The lowest BCUT2D eigenvalue weighted by Gasteiger charge is -2.22. The van der Waals surface area contributed by atoms with Gasteiger partial charge in [0.05, 0.1) is 0 Å². The monoisotopic (exact) mass is 158 g/mol. The molecule has 0 aromatic carbocycles. The average Bonchev–Trinajstić information content (AvgIpc) is 2.35. The Morgan fingerprint density at radius 2 is 2.09 bits per heavy atom. The Morgan fingerprint density at radius 3 is 2.55 bits per heavy atom. The molecule has 4 nitrogen and oxygen atoms in total. The minimum atomic E-state index is -0.690. The standard InChI is InChI=1S/C7H14N2O2/c1-6(11-7(8)10)9-4-2-3-5-9/h6H,2-5H2,1H3,(H2,8,10). The first-order valence-electron chi connectivity index (χ1n) is 3.90. The lowest BCUT2D eigenvalue weighted by Crippen LogP contribution is -2.35. The summed E-state index contributed by atoms with van der Waals surface area (Å²) in [4.78, 5) is 12.4. The summed E-state index contributed by atoms with van der Waals surface area (Å²) in [5, 5.41) is 0. The first kappa shape index (κ1) is 8.33. The minimum absolute atomic E-state index is 0.157. The van der Waals surface area contributed by atoms with Crippen molar-refractivity contribution >= 4 is 6.09 Å². The van der Waals surface area contributed by atoms with Crippen molar-refractivity contribution in [3.05, 3.63) is 0 Å². The average molecular weight is 158 g/mol. The number of hydrogen-bond donors (Lipinski definition) is 1. The number of nitrogens with zero attached hydrogens (tertiary/aromatic N) is 1. The van der Waals surface area contributed by atoms with Crippen LogP contribution in [0.4, 0.5) is 4.79 Å². The predicted molar refractivity (Wildman–Crippen MR) is 40.9 cm³/mol. The second-order valence-electron chi connectivity index (χ2n) is 2.78. The number of carbonyl (C=O) groups is 1. The lowest BCUT2D eigenvalue weighted by molar-refractivity contribution is 0.0171. The van der Waals surface area contributed by atoms with Gasteiger partial charge in [0, 0.05) is 13.1 Å². The van der Waals surface area contributed by atoms with E-state index in [1.165, 1.54) is 12.8 Å². The summed E-state index contributed by atoms with van der Waals surface area (Å²) in [5.41, 5.74) is 4.87. The number of rotatable bonds is 2. The summed E-state index contributed by atoms with van der Waals surface area (Å²) in [5.74, 6) is 0. The van der Waals surface area contributed by atoms with Crippen LogP contribution in [-0.2, 0) is 4.74 Å². The van der Waals surface area contributed by atoms with E-state index in [0.29, 0.717) is 0 Å². The van der Waals surface area contributed by atoms with Gasteiger partial charge < -0.3 is 10.5 Å². The predicted octanol–water partition coefficient (Wildman–Crippen LogP) is 0.523. The Labute approximate surface area is 66.3 Å². The van der Waals surface area contributed by atoms with Gasteiger partial charge in [-0.15, -0.1) is 0 Å². The summed E-state index contributed by atoms with van der Waals surface area (Å²) in [6, 6.07) is 0.